The van der Waals surface area contributed by atoms with Gasteiger partial charge in [-0.1, -0.05) is 12.1 Å². The lowest BCUT2D eigenvalue weighted by Gasteiger charge is -2.16. The van der Waals surface area contributed by atoms with Crippen molar-refractivity contribution in [2.75, 3.05) is 13.1 Å². The minimum atomic E-state index is -0.217. The van der Waals surface area contributed by atoms with Crippen LogP contribution in [-0.2, 0) is 6.42 Å². The third kappa shape index (κ3) is 2.87. The second-order valence-electron chi connectivity index (χ2n) is 6.26. The maximum Gasteiger partial charge on any atom is 0.253 e. The maximum absolute atomic E-state index is 13.0. The highest BCUT2D eigenvalue weighted by atomic mass is 19.1. The summed E-state index contributed by atoms with van der Waals surface area (Å²) in [6, 6.07) is 12.0. The monoisotopic (exact) mass is 324 g/mol. The van der Waals surface area contributed by atoms with Crippen LogP contribution in [0.15, 0.2) is 42.5 Å². The van der Waals surface area contributed by atoms with Crippen molar-refractivity contribution in [1.82, 2.24) is 20.3 Å². The van der Waals surface area contributed by atoms with E-state index in [1.807, 2.05) is 17.0 Å². The van der Waals surface area contributed by atoms with E-state index in [-0.39, 0.29) is 11.7 Å². The van der Waals surface area contributed by atoms with Gasteiger partial charge in [0.2, 0.25) is 0 Å². The number of fused-ring (bicyclic) bond motifs is 1. The zero-order valence-corrected chi connectivity index (χ0v) is 13.1. The number of carbonyl (C=O) groups is 1. The van der Waals surface area contributed by atoms with Gasteiger partial charge in [0.05, 0.1) is 0 Å². The molecule has 4 rings (SSSR count). The van der Waals surface area contributed by atoms with Gasteiger partial charge in [-0.2, -0.15) is 15.4 Å². The third-order valence-corrected chi connectivity index (χ3v) is 4.57. The van der Waals surface area contributed by atoms with Crippen molar-refractivity contribution in [3.05, 3.63) is 59.4 Å². The number of benzene rings is 2. The topological polar surface area (TPSA) is 61.9 Å². The Hall–Kier alpha value is -2.76. The quantitative estimate of drug-likeness (QED) is 0.806. The summed E-state index contributed by atoms with van der Waals surface area (Å²) in [6.45, 7) is 1.48. The van der Waals surface area contributed by atoms with E-state index < -0.39 is 0 Å². The number of carbonyl (C=O) groups excluding carboxylic acids is 1. The first kappa shape index (κ1) is 14.8. The summed E-state index contributed by atoms with van der Waals surface area (Å²) in [5.41, 5.74) is 3.20. The van der Waals surface area contributed by atoms with Crippen LogP contribution in [0.2, 0.25) is 0 Å². The fraction of sp³-hybridized carbons (Fsp3) is 0.278. The van der Waals surface area contributed by atoms with E-state index in [0.29, 0.717) is 17.0 Å². The van der Waals surface area contributed by atoms with Crippen LogP contribution >= 0.6 is 0 Å². The van der Waals surface area contributed by atoms with E-state index in [2.05, 4.69) is 15.4 Å². The molecule has 6 heteroatoms. The summed E-state index contributed by atoms with van der Waals surface area (Å²) in [6.07, 6.45) is 1.84. The van der Waals surface area contributed by atoms with Gasteiger partial charge >= 0.3 is 0 Å². The summed E-state index contributed by atoms with van der Waals surface area (Å²) >= 11 is 0. The second kappa shape index (κ2) is 6.03. The zero-order valence-electron chi connectivity index (χ0n) is 13.1. The molecule has 3 aromatic rings. The van der Waals surface area contributed by atoms with Crippen LogP contribution in [-0.4, -0.2) is 39.3 Å². The number of likely N-dealkylation sites (tertiary alicyclic amines) is 1. The van der Waals surface area contributed by atoms with E-state index in [0.717, 1.165) is 37.0 Å². The SMILES string of the molecule is O=C(c1ccc2n[nH]nc2c1)N1CCC(Cc2ccc(F)cc2)C1. The number of nitrogens with one attached hydrogen (secondary N) is 1. The Bertz CT molecular complexity index is 874. The molecule has 0 radical (unpaired) electrons. The summed E-state index contributed by atoms with van der Waals surface area (Å²) < 4.78 is 13.0. The van der Waals surface area contributed by atoms with Crippen LogP contribution in [0.5, 0.6) is 0 Å². The predicted molar refractivity (Wildman–Crippen MR) is 88.0 cm³/mol. The van der Waals surface area contributed by atoms with E-state index in [1.54, 1.807) is 18.2 Å². The lowest BCUT2D eigenvalue weighted by molar-refractivity contribution is 0.0787. The van der Waals surface area contributed by atoms with Crippen molar-refractivity contribution >= 4 is 16.9 Å². The Morgan fingerprint density at radius 2 is 1.96 bits per heavy atom. The molecule has 5 nitrogen and oxygen atoms in total. The molecular formula is C18H17FN4O. The third-order valence-electron chi connectivity index (χ3n) is 4.57. The average molecular weight is 324 g/mol. The van der Waals surface area contributed by atoms with Crippen LogP contribution in [0.4, 0.5) is 4.39 Å². The van der Waals surface area contributed by atoms with Gasteiger partial charge in [0.1, 0.15) is 16.9 Å². The number of halogens is 1. The number of H-pyrrole nitrogens is 1. The van der Waals surface area contributed by atoms with Gasteiger partial charge in [0.25, 0.3) is 5.91 Å². The minimum Gasteiger partial charge on any atom is -0.338 e. The predicted octanol–water partition coefficient (Wildman–Crippen LogP) is 2.80. The average Bonchev–Trinajstić information content (AvgIpc) is 3.24. The van der Waals surface area contributed by atoms with Crippen molar-refractivity contribution in [2.45, 2.75) is 12.8 Å². The van der Waals surface area contributed by atoms with E-state index in [1.165, 1.54) is 12.1 Å². The number of nitrogens with zero attached hydrogens (tertiary/aromatic N) is 3. The molecule has 0 aliphatic carbocycles. The number of hydrogen-bond donors (Lipinski definition) is 1. The van der Waals surface area contributed by atoms with Gasteiger partial charge in [-0.3, -0.25) is 4.79 Å². The number of aromatic amines is 1. The van der Waals surface area contributed by atoms with Crippen LogP contribution in [0.25, 0.3) is 11.0 Å². The van der Waals surface area contributed by atoms with Gasteiger partial charge in [-0.15, -0.1) is 0 Å². The van der Waals surface area contributed by atoms with Crippen molar-refractivity contribution in [2.24, 2.45) is 5.92 Å². The molecule has 0 bridgehead atoms. The lowest BCUT2D eigenvalue weighted by Crippen LogP contribution is -2.28. The first-order valence-electron chi connectivity index (χ1n) is 8.03. The van der Waals surface area contributed by atoms with Gasteiger partial charge in [-0.05, 0) is 54.7 Å². The van der Waals surface area contributed by atoms with Crippen molar-refractivity contribution < 1.29 is 9.18 Å². The van der Waals surface area contributed by atoms with Crippen LogP contribution in [0, 0.1) is 11.7 Å². The van der Waals surface area contributed by atoms with Gasteiger partial charge in [-0.25, -0.2) is 4.39 Å². The fourth-order valence-corrected chi connectivity index (χ4v) is 3.29. The van der Waals surface area contributed by atoms with Crippen LogP contribution in [0.1, 0.15) is 22.3 Å². The first-order chi connectivity index (χ1) is 11.7. The highest BCUT2D eigenvalue weighted by Gasteiger charge is 2.27. The van der Waals surface area contributed by atoms with E-state index in [9.17, 15) is 9.18 Å². The lowest BCUT2D eigenvalue weighted by atomic mass is 9.99. The molecule has 24 heavy (non-hydrogen) atoms. The van der Waals surface area contributed by atoms with Crippen LogP contribution in [0.3, 0.4) is 0 Å². The standard InChI is InChI=1S/C18H17FN4O/c19-15-4-1-12(2-5-15)9-13-7-8-23(11-13)18(24)14-3-6-16-17(10-14)21-22-20-16/h1-6,10,13H,7-9,11H2,(H,20,21,22). The Balaban J connectivity index is 1.43. The zero-order chi connectivity index (χ0) is 16.5. The number of rotatable bonds is 3. The molecule has 1 N–H and O–H groups in total. The molecular weight excluding hydrogens is 307 g/mol. The molecule has 0 spiro atoms. The molecule has 1 aliphatic heterocycles. The highest BCUT2D eigenvalue weighted by molar-refractivity contribution is 5.97. The molecule has 1 aliphatic rings. The van der Waals surface area contributed by atoms with Crippen molar-refractivity contribution in [3.63, 3.8) is 0 Å². The smallest absolute Gasteiger partial charge is 0.253 e. The largest absolute Gasteiger partial charge is 0.338 e. The first-order valence-corrected chi connectivity index (χ1v) is 8.03. The molecule has 1 unspecified atom stereocenters. The Labute approximate surface area is 138 Å². The van der Waals surface area contributed by atoms with E-state index in [4.69, 9.17) is 0 Å². The van der Waals surface area contributed by atoms with Crippen molar-refractivity contribution in [3.8, 4) is 0 Å². The molecule has 2 aromatic carbocycles. The highest BCUT2D eigenvalue weighted by Crippen LogP contribution is 2.23. The van der Waals surface area contributed by atoms with Gasteiger partial charge < -0.3 is 4.90 Å². The Kier molecular flexibility index (Phi) is 3.72. The Morgan fingerprint density at radius 3 is 2.79 bits per heavy atom. The van der Waals surface area contributed by atoms with Gasteiger partial charge in [0.15, 0.2) is 0 Å². The molecule has 1 saturated heterocycles. The van der Waals surface area contributed by atoms with E-state index >= 15 is 0 Å². The molecule has 1 fully saturated rings. The normalized spacial score (nSPS) is 17.5. The maximum atomic E-state index is 13.0. The summed E-state index contributed by atoms with van der Waals surface area (Å²) in [5.74, 6) is 0.224. The second-order valence-corrected chi connectivity index (χ2v) is 6.26. The molecule has 1 amide bonds. The molecule has 2 heterocycles. The fourth-order valence-electron chi connectivity index (χ4n) is 3.29. The minimum absolute atomic E-state index is 0.0292. The molecule has 122 valence electrons. The van der Waals surface area contributed by atoms with Crippen LogP contribution < -0.4 is 0 Å². The number of hydrogen-bond acceptors (Lipinski definition) is 3. The summed E-state index contributed by atoms with van der Waals surface area (Å²) in [7, 11) is 0. The molecule has 0 saturated carbocycles. The van der Waals surface area contributed by atoms with Crippen molar-refractivity contribution in [1.29, 1.82) is 0 Å². The molecule has 1 aromatic heterocycles. The summed E-state index contributed by atoms with van der Waals surface area (Å²) in [4.78, 5) is 14.6. The summed E-state index contributed by atoms with van der Waals surface area (Å²) in [5, 5.41) is 10.6. The number of amides is 1. The number of aromatic nitrogens is 3. The Morgan fingerprint density at radius 1 is 1.17 bits per heavy atom. The van der Waals surface area contributed by atoms with Gasteiger partial charge in [0, 0.05) is 18.7 Å². The molecule has 1 atom stereocenters.